The minimum atomic E-state index is -0.375. The van der Waals surface area contributed by atoms with Gasteiger partial charge in [-0.2, -0.15) is 0 Å². The average Bonchev–Trinajstić information content (AvgIpc) is 2.23. The average molecular weight is 294 g/mol. The lowest BCUT2D eigenvalue weighted by Gasteiger charge is -2.15. The molecule has 0 radical (unpaired) electrons. The summed E-state index contributed by atoms with van der Waals surface area (Å²) in [5.74, 6) is 0. The van der Waals surface area contributed by atoms with E-state index in [0.29, 0.717) is 15.2 Å². The quantitative estimate of drug-likeness (QED) is 0.851. The second-order valence-corrected chi connectivity index (χ2v) is 3.91. The van der Waals surface area contributed by atoms with Crippen LogP contribution < -0.4 is 5.32 Å². The summed E-state index contributed by atoms with van der Waals surface area (Å²) in [6, 6.07) is 4.83. The van der Waals surface area contributed by atoms with Crippen LogP contribution in [-0.2, 0) is 4.84 Å². The third-order valence-electron chi connectivity index (χ3n) is 1.75. The maximum Gasteiger partial charge on any atom is 0.345 e. The fourth-order valence-electron chi connectivity index (χ4n) is 0.877. The zero-order valence-electron chi connectivity index (χ0n) is 8.25. The Morgan fingerprint density at radius 2 is 2.27 bits per heavy atom. The maximum atomic E-state index is 11.4. The number of hydrogen-bond donors (Lipinski definition) is 1. The van der Waals surface area contributed by atoms with Crippen molar-refractivity contribution in [3.05, 3.63) is 27.7 Å². The van der Waals surface area contributed by atoms with Crippen molar-refractivity contribution in [2.75, 3.05) is 19.5 Å². The van der Waals surface area contributed by atoms with Crippen molar-refractivity contribution in [1.82, 2.24) is 5.06 Å². The number of hydrogen-bond acceptors (Lipinski definition) is 2. The van der Waals surface area contributed by atoms with Gasteiger partial charge in [-0.1, -0.05) is 17.7 Å². The fourth-order valence-corrected chi connectivity index (χ4v) is 1.42. The third-order valence-corrected chi connectivity index (χ3v) is 3.15. The van der Waals surface area contributed by atoms with Crippen LogP contribution in [0.3, 0.4) is 0 Å². The molecule has 0 aliphatic heterocycles. The lowest BCUT2D eigenvalue weighted by molar-refractivity contribution is -0.0598. The largest absolute Gasteiger partial charge is 0.345 e. The van der Waals surface area contributed by atoms with Crippen LogP contribution in [0.5, 0.6) is 0 Å². The van der Waals surface area contributed by atoms with E-state index in [4.69, 9.17) is 16.4 Å². The smallest absolute Gasteiger partial charge is 0.305 e. The number of nitrogens with zero attached hydrogens (tertiary/aromatic N) is 1. The zero-order chi connectivity index (χ0) is 11.4. The minimum absolute atomic E-state index is 0.375. The number of urea groups is 1. The molecule has 0 bridgehead atoms. The van der Waals surface area contributed by atoms with E-state index >= 15 is 0 Å². The van der Waals surface area contributed by atoms with Crippen molar-refractivity contribution in [2.24, 2.45) is 0 Å². The number of halogens is 2. The molecule has 0 saturated heterocycles. The Balaban J connectivity index is 2.81. The summed E-state index contributed by atoms with van der Waals surface area (Å²) in [6.45, 7) is 0. The molecular formula is C9H10BrClN2O2. The van der Waals surface area contributed by atoms with Gasteiger partial charge in [-0.15, -0.1) is 0 Å². The topological polar surface area (TPSA) is 41.6 Å². The van der Waals surface area contributed by atoms with Crippen LogP contribution in [0.4, 0.5) is 10.5 Å². The molecule has 1 N–H and O–H groups in total. The number of rotatable bonds is 2. The molecule has 6 heteroatoms. The first-order valence-corrected chi connectivity index (χ1v) is 5.26. The molecule has 0 spiro atoms. The molecule has 4 nitrogen and oxygen atoms in total. The third kappa shape index (κ3) is 3.09. The summed E-state index contributed by atoms with van der Waals surface area (Å²) in [5.41, 5.74) is 0.594. The fraction of sp³-hybridized carbons (Fsp3) is 0.222. The molecule has 15 heavy (non-hydrogen) atoms. The Hall–Kier alpha value is -0.780. The highest BCUT2D eigenvalue weighted by atomic mass is 79.9. The van der Waals surface area contributed by atoms with Gasteiger partial charge in [0.05, 0.1) is 22.3 Å². The van der Waals surface area contributed by atoms with Crippen molar-refractivity contribution >= 4 is 39.2 Å². The molecule has 0 aromatic heterocycles. The molecule has 0 aliphatic carbocycles. The zero-order valence-corrected chi connectivity index (χ0v) is 10.6. The molecule has 82 valence electrons. The predicted molar refractivity (Wildman–Crippen MR) is 62.9 cm³/mol. The highest BCUT2D eigenvalue weighted by Gasteiger charge is 2.10. The second-order valence-electron chi connectivity index (χ2n) is 2.71. The number of carbonyl (C=O) groups excluding carboxylic acids is 1. The van der Waals surface area contributed by atoms with Crippen LogP contribution in [0.15, 0.2) is 22.7 Å². The summed E-state index contributed by atoms with van der Waals surface area (Å²) < 4.78 is 0.643. The van der Waals surface area contributed by atoms with Gasteiger partial charge in [0.15, 0.2) is 0 Å². The number of anilines is 1. The molecule has 0 heterocycles. The second kappa shape index (κ2) is 5.34. The van der Waals surface area contributed by atoms with Crippen LogP contribution in [-0.4, -0.2) is 25.3 Å². The van der Waals surface area contributed by atoms with Gasteiger partial charge in [0.25, 0.3) is 0 Å². The summed E-state index contributed by atoms with van der Waals surface area (Å²) in [5, 5.41) is 4.24. The van der Waals surface area contributed by atoms with E-state index in [9.17, 15) is 4.79 Å². The molecule has 0 aliphatic rings. The Morgan fingerprint density at radius 1 is 1.60 bits per heavy atom. The van der Waals surface area contributed by atoms with Gasteiger partial charge in [0, 0.05) is 7.05 Å². The Labute approximate surface area is 101 Å². The van der Waals surface area contributed by atoms with Gasteiger partial charge in [0.2, 0.25) is 0 Å². The van der Waals surface area contributed by atoms with Crippen molar-refractivity contribution in [3.63, 3.8) is 0 Å². The van der Waals surface area contributed by atoms with Crippen LogP contribution >= 0.6 is 27.5 Å². The molecule has 0 saturated carbocycles. The van der Waals surface area contributed by atoms with Crippen LogP contribution in [0, 0.1) is 0 Å². The number of benzene rings is 1. The number of amides is 2. The number of carbonyl (C=O) groups is 1. The van der Waals surface area contributed by atoms with Crippen molar-refractivity contribution < 1.29 is 9.63 Å². The lowest BCUT2D eigenvalue weighted by atomic mass is 10.3. The van der Waals surface area contributed by atoms with Crippen LogP contribution in [0.1, 0.15) is 0 Å². The van der Waals surface area contributed by atoms with E-state index in [1.165, 1.54) is 14.2 Å². The molecule has 1 aromatic carbocycles. The van der Waals surface area contributed by atoms with E-state index in [-0.39, 0.29) is 6.03 Å². The molecular weight excluding hydrogens is 283 g/mol. The highest BCUT2D eigenvalue weighted by molar-refractivity contribution is 9.10. The summed E-state index contributed by atoms with van der Waals surface area (Å²) in [7, 11) is 2.92. The van der Waals surface area contributed by atoms with Gasteiger partial charge in [-0.25, -0.2) is 9.86 Å². The monoisotopic (exact) mass is 292 g/mol. The van der Waals surface area contributed by atoms with Crippen LogP contribution in [0.25, 0.3) is 0 Å². The summed E-state index contributed by atoms with van der Waals surface area (Å²) >= 11 is 9.14. The van der Waals surface area contributed by atoms with Gasteiger partial charge < -0.3 is 5.32 Å². The molecule has 0 unspecified atom stereocenters. The van der Waals surface area contributed by atoms with Gasteiger partial charge in [-0.3, -0.25) is 4.84 Å². The van der Waals surface area contributed by atoms with Gasteiger partial charge in [0.1, 0.15) is 0 Å². The summed E-state index contributed by atoms with van der Waals surface area (Å²) in [4.78, 5) is 16.2. The van der Waals surface area contributed by atoms with E-state index in [1.54, 1.807) is 18.2 Å². The van der Waals surface area contributed by atoms with Gasteiger partial charge in [-0.05, 0) is 28.1 Å². The standard InChI is InChI=1S/C9H10BrClN2O2/c1-13(15-2)9(14)12-7-5-3-4-6(11)8(7)10/h3-5H,1-2H3,(H,12,14). The van der Waals surface area contributed by atoms with Crippen molar-refractivity contribution in [3.8, 4) is 0 Å². The molecule has 2 amide bonds. The van der Waals surface area contributed by atoms with Crippen molar-refractivity contribution in [1.29, 1.82) is 0 Å². The molecule has 1 rings (SSSR count). The highest BCUT2D eigenvalue weighted by Crippen LogP contribution is 2.30. The first-order valence-electron chi connectivity index (χ1n) is 4.09. The molecule has 0 atom stereocenters. The van der Waals surface area contributed by atoms with E-state index in [1.807, 2.05) is 0 Å². The van der Waals surface area contributed by atoms with E-state index in [2.05, 4.69) is 21.2 Å². The van der Waals surface area contributed by atoms with E-state index in [0.717, 1.165) is 5.06 Å². The van der Waals surface area contributed by atoms with Crippen molar-refractivity contribution in [2.45, 2.75) is 0 Å². The minimum Gasteiger partial charge on any atom is -0.305 e. The normalized spacial score (nSPS) is 9.87. The van der Waals surface area contributed by atoms with Crippen LogP contribution in [0.2, 0.25) is 5.02 Å². The predicted octanol–water partition coefficient (Wildman–Crippen LogP) is 3.13. The van der Waals surface area contributed by atoms with E-state index < -0.39 is 0 Å². The number of hydroxylamine groups is 2. The SMILES string of the molecule is CON(C)C(=O)Nc1cccc(Cl)c1Br. The maximum absolute atomic E-state index is 11.4. The van der Waals surface area contributed by atoms with Gasteiger partial charge >= 0.3 is 6.03 Å². The Morgan fingerprint density at radius 3 is 2.87 bits per heavy atom. The molecule has 0 fully saturated rings. The lowest BCUT2D eigenvalue weighted by Crippen LogP contribution is -2.30. The number of nitrogens with one attached hydrogen (secondary N) is 1. The summed E-state index contributed by atoms with van der Waals surface area (Å²) in [6.07, 6.45) is 0. The first-order chi connectivity index (χ1) is 7.06. The first kappa shape index (κ1) is 12.3. The Kier molecular flexibility index (Phi) is 4.38. The Bertz CT molecular complexity index is 373. The molecule has 1 aromatic rings.